The predicted molar refractivity (Wildman–Crippen MR) is 69.4 cm³/mol. The maximum atomic E-state index is 10.7. The Morgan fingerprint density at radius 1 is 1.50 bits per heavy atom. The number of amides is 1. The molecule has 0 radical (unpaired) electrons. The molecule has 1 heterocycles. The van der Waals surface area contributed by atoms with Crippen LogP contribution in [-0.4, -0.2) is 22.2 Å². The zero-order chi connectivity index (χ0) is 13.1. The number of carboxylic acid groups (broad SMARTS) is 1. The Morgan fingerprint density at radius 2 is 2.28 bits per heavy atom. The first-order chi connectivity index (χ1) is 8.56. The molecule has 1 aromatic heterocycles. The van der Waals surface area contributed by atoms with Gasteiger partial charge in [-0.3, -0.25) is 4.98 Å². The number of nitrogen functional groups attached to an aromatic ring is 1. The Balaban J connectivity index is 2.13. The first kappa shape index (κ1) is 12.7. The molecule has 0 aliphatic heterocycles. The van der Waals surface area contributed by atoms with Gasteiger partial charge in [-0.25, -0.2) is 4.79 Å². The first-order valence-corrected chi connectivity index (χ1v) is 6.25. The van der Waals surface area contributed by atoms with Gasteiger partial charge in [-0.05, 0) is 42.7 Å². The van der Waals surface area contributed by atoms with Crippen LogP contribution in [0.5, 0.6) is 0 Å². The summed E-state index contributed by atoms with van der Waals surface area (Å²) >= 11 is 0. The summed E-state index contributed by atoms with van der Waals surface area (Å²) in [5, 5.41) is 11.4. The molecule has 1 aliphatic carbocycles. The zero-order valence-electron chi connectivity index (χ0n) is 10.5. The maximum absolute atomic E-state index is 10.7. The molecule has 2 rings (SSSR count). The molecule has 0 bridgehead atoms. The molecular formula is C13H19N3O2. The van der Waals surface area contributed by atoms with Crippen molar-refractivity contribution >= 4 is 11.8 Å². The number of rotatable bonds is 2. The third kappa shape index (κ3) is 2.91. The van der Waals surface area contributed by atoms with Crippen molar-refractivity contribution in [2.75, 3.05) is 5.73 Å². The van der Waals surface area contributed by atoms with E-state index in [9.17, 15) is 4.79 Å². The Kier molecular flexibility index (Phi) is 3.69. The molecule has 1 aliphatic rings. The molecule has 0 aromatic carbocycles. The molecule has 5 nitrogen and oxygen atoms in total. The number of nitrogens with two attached hydrogens (primary N) is 1. The number of anilines is 1. The molecule has 1 amide bonds. The van der Waals surface area contributed by atoms with E-state index in [-0.39, 0.29) is 6.04 Å². The van der Waals surface area contributed by atoms with Crippen LogP contribution >= 0.6 is 0 Å². The summed E-state index contributed by atoms with van der Waals surface area (Å²) < 4.78 is 0. The van der Waals surface area contributed by atoms with E-state index < -0.39 is 6.09 Å². The van der Waals surface area contributed by atoms with Crippen LogP contribution in [0.1, 0.15) is 37.7 Å². The number of pyridine rings is 1. The lowest BCUT2D eigenvalue weighted by atomic mass is 9.76. The van der Waals surface area contributed by atoms with Crippen LogP contribution in [0.2, 0.25) is 0 Å². The summed E-state index contributed by atoms with van der Waals surface area (Å²) in [6, 6.07) is 1.96. The fraction of sp³-hybridized carbons (Fsp3) is 0.538. The van der Waals surface area contributed by atoms with Crippen molar-refractivity contribution in [3.05, 3.63) is 24.0 Å². The van der Waals surface area contributed by atoms with Gasteiger partial charge in [0, 0.05) is 12.2 Å². The largest absolute Gasteiger partial charge is 0.465 e. The van der Waals surface area contributed by atoms with Crippen molar-refractivity contribution in [1.82, 2.24) is 10.3 Å². The molecule has 18 heavy (non-hydrogen) atoms. The second-order valence-electron chi connectivity index (χ2n) is 5.16. The SMILES string of the molecule is C[C@H]1C[C@@H](NC(=O)O)C[C@@H](c2ccncc2N)C1. The van der Waals surface area contributed by atoms with Crippen LogP contribution in [-0.2, 0) is 0 Å². The van der Waals surface area contributed by atoms with E-state index in [2.05, 4.69) is 17.2 Å². The summed E-state index contributed by atoms with van der Waals surface area (Å²) in [4.78, 5) is 14.7. The monoisotopic (exact) mass is 249 g/mol. The van der Waals surface area contributed by atoms with Gasteiger partial charge < -0.3 is 16.2 Å². The van der Waals surface area contributed by atoms with Gasteiger partial charge in [0.05, 0.1) is 11.9 Å². The van der Waals surface area contributed by atoms with Crippen LogP contribution in [0.4, 0.5) is 10.5 Å². The predicted octanol–water partition coefficient (Wildman–Crippen LogP) is 2.20. The topological polar surface area (TPSA) is 88.2 Å². The molecule has 0 unspecified atom stereocenters. The third-order valence-corrected chi connectivity index (χ3v) is 3.60. The van der Waals surface area contributed by atoms with Gasteiger partial charge in [0.1, 0.15) is 0 Å². The number of hydrogen-bond donors (Lipinski definition) is 3. The highest BCUT2D eigenvalue weighted by atomic mass is 16.4. The molecule has 98 valence electrons. The van der Waals surface area contributed by atoms with E-state index in [1.165, 1.54) is 0 Å². The highest BCUT2D eigenvalue weighted by Gasteiger charge is 2.29. The summed E-state index contributed by atoms with van der Waals surface area (Å²) in [5.41, 5.74) is 7.74. The molecule has 0 saturated heterocycles. The quantitative estimate of drug-likeness (QED) is 0.749. The number of carbonyl (C=O) groups is 1. The minimum absolute atomic E-state index is 0.0174. The molecule has 1 aromatic rings. The Labute approximate surface area is 106 Å². The molecule has 3 atom stereocenters. The molecule has 1 fully saturated rings. The van der Waals surface area contributed by atoms with Gasteiger partial charge in [0.25, 0.3) is 0 Å². The average Bonchev–Trinajstić information content (AvgIpc) is 2.27. The van der Waals surface area contributed by atoms with Gasteiger partial charge in [0.2, 0.25) is 0 Å². The number of nitrogens with one attached hydrogen (secondary N) is 1. The first-order valence-electron chi connectivity index (χ1n) is 6.25. The highest BCUT2D eigenvalue weighted by molar-refractivity contribution is 5.64. The van der Waals surface area contributed by atoms with Crippen LogP contribution in [0.25, 0.3) is 0 Å². The summed E-state index contributed by atoms with van der Waals surface area (Å²) in [6.07, 6.45) is 5.21. The van der Waals surface area contributed by atoms with Crippen LogP contribution in [0.3, 0.4) is 0 Å². The van der Waals surface area contributed by atoms with E-state index in [4.69, 9.17) is 10.8 Å². The smallest absolute Gasteiger partial charge is 0.404 e. The van der Waals surface area contributed by atoms with Gasteiger partial charge in [0.15, 0.2) is 0 Å². The lowest BCUT2D eigenvalue weighted by molar-refractivity contribution is 0.179. The van der Waals surface area contributed by atoms with E-state index in [1.807, 2.05) is 6.07 Å². The van der Waals surface area contributed by atoms with Crippen molar-refractivity contribution in [2.45, 2.75) is 38.1 Å². The van der Waals surface area contributed by atoms with Crippen molar-refractivity contribution in [3.63, 3.8) is 0 Å². The van der Waals surface area contributed by atoms with Crippen molar-refractivity contribution in [1.29, 1.82) is 0 Å². The number of hydrogen-bond acceptors (Lipinski definition) is 3. The van der Waals surface area contributed by atoms with Crippen LogP contribution < -0.4 is 11.1 Å². The van der Waals surface area contributed by atoms with E-state index in [1.54, 1.807) is 12.4 Å². The minimum atomic E-state index is -0.949. The summed E-state index contributed by atoms with van der Waals surface area (Å²) in [5.74, 6) is 0.807. The lowest BCUT2D eigenvalue weighted by Crippen LogP contribution is -2.39. The summed E-state index contributed by atoms with van der Waals surface area (Å²) in [7, 11) is 0. The van der Waals surface area contributed by atoms with Crippen LogP contribution in [0, 0.1) is 5.92 Å². The fourth-order valence-corrected chi connectivity index (χ4v) is 2.94. The lowest BCUT2D eigenvalue weighted by Gasteiger charge is -2.33. The Bertz CT molecular complexity index is 436. The summed E-state index contributed by atoms with van der Waals surface area (Å²) in [6.45, 7) is 2.15. The minimum Gasteiger partial charge on any atom is -0.465 e. The maximum Gasteiger partial charge on any atom is 0.404 e. The van der Waals surface area contributed by atoms with Crippen LogP contribution in [0.15, 0.2) is 18.5 Å². The van der Waals surface area contributed by atoms with Gasteiger partial charge in [-0.15, -0.1) is 0 Å². The van der Waals surface area contributed by atoms with Gasteiger partial charge in [-0.2, -0.15) is 0 Å². The molecular weight excluding hydrogens is 230 g/mol. The van der Waals surface area contributed by atoms with Crippen molar-refractivity contribution in [3.8, 4) is 0 Å². The fourth-order valence-electron chi connectivity index (χ4n) is 2.94. The molecule has 4 N–H and O–H groups in total. The van der Waals surface area contributed by atoms with Gasteiger partial charge in [-0.1, -0.05) is 6.92 Å². The molecule has 0 spiro atoms. The van der Waals surface area contributed by atoms with Crippen molar-refractivity contribution in [2.24, 2.45) is 5.92 Å². The standard InChI is InChI=1S/C13H19N3O2/c1-8-4-9(6-10(5-8)16-13(17)18)11-2-3-15-7-12(11)14/h2-3,7-10,16H,4-6,14H2,1H3,(H,17,18)/t8-,9+,10-/m1/s1. The number of aromatic nitrogens is 1. The molecule has 5 heteroatoms. The molecule has 1 saturated carbocycles. The normalized spacial score (nSPS) is 27.7. The number of nitrogens with zero attached hydrogens (tertiary/aromatic N) is 1. The van der Waals surface area contributed by atoms with E-state index >= 15 is 0 Å². The zero-order valence-corrected chi connectivity index (χ0v) is 10.5. The van der Waals surface area contributed by atoms with Gasteiger partial charge >= 0.3 is 6.09 Å². The Morgan fingerprint density at radius 3 is 2.94 bits per heavy atom. The van der Waals surface area contributed by atoms with Crippen molar-refractivity contribution < 1.29 is 9.90 Å². The average molecular weight is 249 g/mol. The highest BCUT2D eigenvalue weighted by Crippen LogP contribution is 2.37. The second kappa shape index (κ2) is 5.25. The Hall–Kier alpha value is -1.78. The van der Waals surface area contributed by atoms with E-state index in [0.29, 0.717) is 17.5 Å². The van der Waals surface area contributed by atoms with E-state index in [0.717, 1.165) is 24.8 Å². The second-order valence-corrected chi connectivity index (χ2v) is 5.16. The third-order valence-electron chi connectivity index (χ3n) is 3.60.